The lowest BCUT2D eigenvalue weighted by Crippen LogP contribution is -2.11. The minimum absolute atomic E-state index is 0.732. The summed E-state index contributed by atoms with van der Waals surface area (Å²) in [5, 5.41) is 5.12. The second-order valence-electron chi connectivity index (χ2n) is 5.32. The quantitative estimate of drug-likeness (QED) is 0.847. The molecule has 0 saturated heterocycles. The van der Waals surface area contributed by atoms with Crippen LogP contribution in [0.3, 0.4) is 0 Å². The molecule has 0 atom stereocenters. The number of halogens is 1. The molecular weight excluding hydrogens is 260 g/mol. The van der Waals surface area contributed by atoms with E-state index in [9.17, 15) is 0 Å². The van der Waals surface area contributed by atoms with Crippen LogP contribution in [-0.4, -0.2) is 19.3 Å². The lowest BCUT2D eigenvalue weighted by atomic mass is 10.0. The van der Waals surface area contributed by atoms with Crippen molar-refractivity contribution in [2.75, 3.05) is 0 Å². The lowest BCUT2D eigenvalue weighted by molar-refractivity contribution is 0.623. The van der Waals surface area contributed by atoms with E-state index in [-0.39, 0.29) is 0 Å². The standard InChI is InChI=1S/C14H19ClN4/c1-9-11(14(15)18(3)17-9)8-19-10(2)16-12-6-4-5-7-13(12)19/h4-8H2,1-3H3. The number of aryl methyl sites for hydroxylation is 4. The van der Waals surface area contributed by atoms with E-state index in [1.165, 1.54) is 24.2 Å². The van der Waals surface area contributed by atoms with Gasteiger partial charge in [0.25, 0.3) is 0 Å². The molecule has 0 aliphatic heterocycles. The Morgan fingerprint density at radius 2 is 1.95 bits per heavy atom. The van der Waals surface area contributed by atoms with Gasteiger partial charge >= 0.3 is 0 Å². The lowest BCUT2D eigenvalue weighted by Gasteiger charge is -2.14. The molecule has 0 bridgehead atoms. The van der Waals surface area contributed by atoms with Gasteiger partial charge in [-0.3, -0.25) is 4.68 Å². The molecule has 4 nitrogen and oxygen atoms in total. The second-order valence-corrected chi connectivity index (χ2v) is 5.68. The molecule has 0 saturated carbocycles. The Balaban J connectivity index is 2.01. The van der Waals surface area contributed by atoms with Crippen molar-refractivity contribution >= 4 is 11.6 Å². The van der Waals surface area contributed by atoms with Crippen molar-refractivity contribution in [1.29, 1.82) is 0 Å². The molecule has 102 valence electrons. The van der Waals surface area contributed by atoms with Crippen LogP contribution >= 0.6 is 11.6 Å². The molecule has 5 heteroatoms. The number of rotatable bonds is 2. The fourth-order valence-electron chi connectivity index (χ4n) is 2.96. The highest BCUT2D eigenvalue weighted by atomic mass is 35.5. The van der Waals surface area contributed by atoms with Crippen molar-refractivity contribution in [3.05, 3.63) is 33.6 Å². The van der Waals surface area contributed by atoms with Crippen LogP contribution < -0.4 is 0 Å². The van der Waals surface area contributed by atoms with E-state index in [1.54, 1.807) is 4.68 Å². The Morgan fingerprint density at radius 1 is 1.21 bits per heavy atom. The first-order chi connectivity index (χ1) is 9.08. The molecule has 2 heterocycles. The number of imidazole rings is 1. The second kappa shape index (κ2) is 4.67. The highest BCUT2D eigenvalue weighted by molar-refractivity contribution is 6.30. The Labute approximate surface area is 118 Å². The first-order valence-corrected chi connectivity index (χ1v) is 7.18. The van der Waals surface area contributed by atoms with Crippen LogP contribution in [0.15, 0.2) is 0 Å². The van der Waals surface area contributed by atoms with Gasteiger partial charge in [-0.2, -0.15) is 5.10 Å². The minimum atomic E-state index is 0.732. The summed E-state index contributed by atoms with van der Waals surface area (Å²) in [7, 11) is 1.88. The molecule has 2 aromatic heterocycles. The third kappa shape index (κ3) is 2.08. The summed E-state index contributed by atoms with van der Waals surface area (Å²) in [6.45, 7) is 4.88. The van der Waals surface area contributed by atoms with Crippen LogP contribution in [0.2, 0.25) is 5.15 Å². The van der Waals surface area contributed by atoms with E-state index in [4.69, 9.17) is 16.6 Å². The molecular formula is C14H19ClN4. The molecule has 0 unspecified atom stereocenters. The first-order valence-electron chi connectivity index (χ1n) is 6.80. The predicted molar refractivity (Wildman–Crippen MR) is 75.7 cm³/mol. The van der Waals surface area contributed by atoms with E-state index in [2.05, 4.69) is 16.6 Å². The number of fused-ring (bicyclic) bond motifs is 1. The largest absolute Gasteiger partial charge is 0.327 e. The summed E-state index contributed by atoms with van der Waals surface area (Å²) in [5.41, 5.74) is 4.78. The van der Waals surface area contributed by atoms with Gasteiger partial charge in [-0.25, -0.2) is 4.98 Å². The maximum atomic E-state index is 6.33. The van der Waals surface area contributed by atoms with Crippen molar-refractivity contribution in [1.82, 2.24) is 19.3 Å². The molecule has 1 aliphatic carbocycles. The maximum Gasteiger partial charge on any atom is 0.131 e. The van der Waals surface area contributed by atoms with Gasteiger partial charge in [0.05, 0.1) is 17.9 Å². The fourth-order valence-corrected chi connectivity index (χ4v) is 3.19. The highest BCUT2D eigenvalue weighted by Gasteiger charge is 2.20. The van der Waals surface area contributed by atoms with Crippen LogP contribution in [0.4, 0.5) is 0 Å². The van der Waals surface area contributed by atoms with Gasteiger partial charge in [-0.1, -0.05) is 11.6 Å². The predicted octanol–water partition coefficient (Wildman–Crippen LogP) is 2.81. The minimum Gasteiger partial charge on any atom is -0.327 e. The van der Waals surface area contributed by atoms with E-state index in [0.717, 1.165) is 41.6 Å². The van der Waals surface area contributed by atoms with E-state index in [0.29, 0.717) is 0 Å². The van der Waals surface area contributed by atoms with Gasteiger partial charge in [0.1, 0.15) is 11.0 Å². The number of hydrogen-bond acceptors (Lipinski definition) is 2. The molecule has 0 N–H and O–H groups in total. The van der Waals surface area contributed by atoms with E-state index in [1.807, 2.05) is 14.0 Å². The van der Waals surface area contributed by atoms with Crippen LogP contribution in [0, 0.1) is 13.8 Å². The Bertz CT molecular complexity index is 624. The van der Waals surface area contributed by atoms with Gasteiger partial charge in [0, 0.05) is 18.3 Å². The van der Waals surface area contributed by atoms with Crippen LogP contribution in [0.1, 0.15) is 41.3 Å². The van der Waals surface area contributed by atoms with Crippen molar-refractivity contribution < 1.29 is 0 Å². The maximum absolute atomic E-state index is 6.33. The summed E-state index contributed by atoms with van der Waals surface area (Å²) in [5.74, 6) is 1.09. The smallest absolute Gasteiger partial charge is 0.131 e. The number of aromatic nitrogens is 4. The zero-order chi connectivity index (χ0) is 13.6. The van der Waals surface area contributed by atoms with Crippen molar-refractivity contribution in [3.8, 4) is 0 Å². The summed E-state index contributed by atoms with van der Waals surface area (Å²) in [6, 6.07) is 0. The zero-order valence-corrected chi connectivity index (χ0v) is 12.5. The molecule has 0 amide bonds. The topological polar surface area (TPSA) is 35.6 Å². The van der Waals surface area contributed by atoms with Crippen LogP contribution in [0.5, 0.6) is 0 Å². The average molecular weight is 279 g/mol. The molecule has 0 aromatic carbocycles. The summed E-state index contributed by atoms with van der Waals surface area (Å²) >= 11 is 6.33. The van der Waals surface area contributed by atoms with Crippen molar-refractivity contribution in [2.45, 2.75) is 46.1 Å². The third-order valence-electron chi connectivity index (χ3n) is 4.01. The van der Waals surface area contributed by atoms with Crippen LogP contribution in [-0.2, 0) is 26.4 Å². The SMILES string of the molecule is Cc1nn(C)c(Cl)c1Cn1c(C)nc2c1CCCC2. The number of hydrogen-bond donors (Lipinski definition) is 0. The Morgan fingerprint density at radius 3 is 2.63 bits per heavy atom. The monoisotopic (exact) mass is 278 g/mol. The molecule has 0 radical (unpaired) electrons. The fraction of sp³-hybridized carbons (Fsp3) is 0.571. The van der Waals surface area contributed by atoms with Gasteiger partial charge < -0.3 is 4.57 Å². The van der Waals surface area contributed by atoms with Gasteiger partial charge in [0.2, 0.25) is 0 Å². The van der Waals surface area contributed by atoms with Crippen LogP contribution in [0.25, 0.3) is 0 Å². The average Bonchev–Trinajstić information content (AvgIpc) is 2.82. The highest BCUT2D eigenvalue weighted by Crippen LogP contribution is 2.26. The Hall–Kier alpha value is -1.29. The molecule has 0 spiro atoms. The van der Waals surface area contributed by atoms with E-state index < -0.39 is 0 Å². The summed E-state index contributed by atoms with van der Waals surface area (Å²) < 4.78 is 4.05. The molecule has 3 rings (SSSR count). The molecule has 0 fully saturated rings. The summed E-state index contributed by atoms with van der Waals surface area (Å²) in [6.07, 6.45) is 4.77. The normalized spacial score (nSPS) is 14.7. The molecule has 1 aliphatic rings. The van der Waals surface area contributed by atoms with Crippen molar-refractivity contribution in [2.24, 2.45) is 7.05 Å². The first kappa shape index (κ1) is 12.7. The zero-order valence-electron chi connectivity index (χ0n) is 11.7. The number of nitrogens with zero attached hydrogens (tertiary/aromatic N) is 4. The Kier molecular flexibility index (Phi) is 3.13. The molecule has 2 aromatic rings. The van der Waals surface area contributed by atoms with Gasteiger partial charge in [-0.05, 0) is 39.5 Å². The molecule has 19 heavy (non-hydrogen) atoms. The van der Waals surface area contributed by atoms with Gasteiger partial charge in [0.15, 0.2) is 0 Å². The third-order valence-corrected chi connectivity index (χ3v) is 4.48. The van der Waals surface area contributed by atoms with Crippen molar-refractivity contribution in [3.63, 3.8) is 0 Å². The van der Waals surface area contributed by atoms with E-state index >= 15 is 0 Å². The van der Waals surface area contributed by atoms with Gasteiger partial charge in [-0.15, -0.1) is 0 Å². The summed E-state index contributed by atoms with van der Waals surface area (Å²) in [4.78, 5) is 4.71.